The van der Waals surface area contributed by atoms with Gasteiger partial charge in [-0.15, -0.1) is 0 Å². The van der Waals surface area contributed by atoms with Gasteiger partial charge in [0.2, 0.25) is 17.7 Å². The van der Waals surface area contributed by atoms with Crippen LogP contribution in [0.1, 0.15) is 96.7 Å². The van der Waals surface area contributed by atoms with Crippen molar-refractivity contribution in [1.82, 2.24) is 15.5 Å². The molecule has 0 heterocycles. The van der Waals surface area contributed by atoms with Gasteiger partial charge < -0.3 is 35.8 Å². The van der Waals surface area contributed by atoms with Crippen molar-refractivity contribution in [2.75, 3.05) is 19.7 Å². The summed E-state index contributed by atoms with van der Waals surface area (Å²) in [7, 11) is 0. The zero-order valence-electron chi connectivity index (χ0n) is 25.8. The maximum atomic E-state index is 14.2. The minimum absolute atomic E-state index is 0.0203. The fraction of sp³-hybridized carbons (Fsp3) is 0.633. The standard InChI is InChI=1S/C30H48N4O8/c1-7-9-10-11-18-34(28(39)22(13-15-24(31)36)33-29(40)42-30(4,5)6)26(21-12-14-23(35)20(3)19-21)27(38)32-17-16-25(37)41-8-2/h12,14,19,22,26,35H,7-11,13,15-18H2,1-6H3,(H2,31,36)(H,32,38)(H,33,40). The SMILES string of the molecule is CCCCCCN(C(=O)C(CCC(N)=O)NC(=O)OC(C)(C)C)C(C(=O)NCCC(=O)OCC)c1ccc(O)c(C)c1. The summed E-state index contributed by atoms with van der Waals surface area (Å²) in [6.07, 6.45) is 2.01. The summed E-state index contributed by atoms with van der Waals surface area (Å²) >= 11 is 0. The molecule has 0 aliphatic heterocycles. The molecule has 2 unspecified atom stereocenters. The van der Waals surface area contributed by atoms with E-state index in [1.54, 1.807) is 46.8 Å². The first-order chi connectivity index (χ1) is 19.7. The highest BCUT2D eigenvalue weighted by Crippen LogP contribution is 2.28. The normalized spacial score (nSPS) is 12.5. The zero-order chi connectivity index (χ0) is 31.9. The molecule has 1 aromatic carbocycles. The van der Waals surface area contributed by atoms with Crippen LogP contribution in [0.5, 0.6) is 5.75 Å². The number of hydrogen-bond acceptors (Lipinski definition) is 8. The van der Waals surface area contributed by atoms with E-state index in [1.165, 1.54) is 11.0 Å². The molecule has 0 fully saturated rings. The number of hydrogen-bond donors (Lipinski definition) is 4. The number of carbonyl (C=O) groups is 5. The lowest BCUT2D eigenvalue weighted by Crippen LogP contribution is -2.53. The molecule has 0 saturated heterocycles. The monoisotopic (exact) mass is 592 g/mol. The Morgan fingerprint density at radius 2 is 1.74 bits per heavy atom. The number of phenolic OH excluding ortho intramolecular Hbond substituents is 1. The molecule has 1 aromatic rings. The van der Waals surface area contributed by atoms with E-state index in [-0.39, 0.29) is 44.7 Å². The minimum Gasteiger partial charge on any atom is -0.508 e. The maximum Gasteiger partial charge on any atom is 0.408 e. The van der Waals surface area contributed by atoms with Gasteiger partial charge in [0.15, 0.2) is 0 Å². The first kappa shape index (κ1) is 36.2. The number of esters is 1. The molecule has 0 bridgehead atoms. The van der Waals surface area contributed by atoms with Crippen LogP contribution in [0.15, 0.2) is 18.2 Å². The number of nitrogens with two attached hydrogens (primary N) is 1. The van der Waals surface area contributed by atoms with Gasteiger partial charge in [0.1, 0.15) is 23.4 Å². The zero-order valence-corrected chi connectivity index (χ0v) is 25.8. The van der Waals surface area contributed by atoms with Crippen LogP contribution < -0.4 is 16.4 Å². The van der Waals surface area contributed by atoms with Gasteiger partial charge in [0.05, 0.1) is 13.0 Å². The molecule has 1 rings (SSSR count). The van der Waals surface area contributed by atoms with Gasteiger partial charge in [0, 0.05) is 19.5 Å². The van der Waals surface area contributed by atoms with E-state index in [0.717, 1.165) is 19.3 Å². The molecule has 12 nitrogen and oxygen atoms in total. The van der Waals surface area contributed by atoms with Crippen molar-refractivity contribution in [3.63, 3.8) is 0 Å². The molecule has 2 atom stereocenters. The number of primary amides is 1. The molecule has 12 heteroatoms. The Morgan fingerprint density at radius 1 is 1.05 bits per heavy atom. The number of rotatable bonds is 17. The molecule has 0 aliphatic rings. The second-order valence-electron chi connectivity index (χ2n) is 11.1. The summed E-state index contributed by atoms with van der Waals surface area (Å²) in [5, 5.41) is 15.4. The third kappa shape index (κ3) is 13.2. The lowest BCUT2D eigenvalue weighted by Gasteiger charge is -2.34. The Bertz CT molecular complexity index is 1070. The van der Waals surface area contributed by atoms with Crippen LogP contribution in [0, 0.1) is 6.92 Å². The van der Waals surface area contributed by atoms with Crippen LogP contribution in [0.4, 0.5) is 4.79 Å². The Morgan fingerprint density at radius 3 is 2.31 bits per heavy atom. The number of aryl methyl sites for hydroxylation is 1. The number of amides is 4. The Hall–Kier alpha value is -3.83. The molecular weight excluding hydrogens is 544 g/mol. The van der Waals surface area contributed by atoms with Gasteiger partial charge in [-0.2, -0.15) is 0 Å². The van der Waals surface area contributed by atoms with Crippen LogP contribution in [0.25, 0.3) is 0 Å². The number of carbonyl (C=O) groups excluding carboxylic acids is 5. The van der Waals surface area contributed by atoms with Gasteiger partial charge >= 0.3 is 12.1 Å². The summed E-state index contributed by atoms with van der Waals surface area (Å²) in [6.45, 7) is 10.8. The molecule has 0 aliphatic carbocycles. The maximum absolute atomic E-state index is 14.2. The van der Waals surface area contributed by atoms with Gasteiger partial charge in [-0.1, -0.05) is 32.3 Å². The number of aromatic hydroxyl groups is 1. The molecule has 42 heavy (non-hydrogen) atoms. The average molecular weight is 593 g/mol. The van der Waals surface area contributed by atoms with Gasteiger partial charge in [-0.3, -0.25) is 19.2 Å². The number of unbranched alkanes of at least 4 members (excludes halogenated alkanes) is 3. The largest absolute Gasteiger partial charge is 0.508 e. The molecule has 5 N–H and O–H groups in total. The lowest BCUT2D eigenvalue weighted by molar-refractivity contribution is -0.144. The van der Waals surface area contributed by atoms with Crippen molar-refractivity contribution < 1.29 is 38.6 Å². The molecule has 0 saturated carbocycles. The second kappa shape index (κ2) is 17.9. The van der Waals surface area contributed by atoms with Crippen LogP contribution >= 0.6 is 0 Å². The lowest BCUT2D eigenvalue weighted by atomic mass is 9.99. The van der Waals surface area contributed by atoms with E-state index < -0.39 is 47.5 Å². The molecule has 0 aromatic heterocycles. The highest BCUT2D eigenvalue weighted by molar-refractivity contribution is 5.92. The summed E-state index contributed by atoms with van der Waals surface area (Å²) in [5.41, 5.74) is 5.44. The summed E-state index contributed by atoms with van der Waals surface area (Å²) in [4.78, 5) is 65.4. The minimum atomic E-state index is -1.22. The van der Waals surface area contributed by atoms with Crippen LogP contribution in [-0.2, 0) is 28.7 Å². The van der Waals surface area contributed by atoms with Crippen LogP contribution in [0.2, 0.25) is 0 Å². The predicted molar refractivity (Wildman–Crippen MR) is 157 cm³/mol. The van der Waals surface area contributed by atoms with Crippen molar-refractivity contribution in [3.05, 3.63) is 29.3 Å². The van der Waals surface area contributed by atoms with Gasteiger partial charge in [-0.25, -0.2) is 4.79 Å². The predicted octanol–water partition coefficient (Wildman–Crippen LogP) is 3.38. The van der Waals surface area contributed by atoms with Crippen LogP contribution in [-0.4, -0.2) is 71.1 Å². The summed E-state index contributed by atoms with van der Waals surface area (Å²) in [6, 6.07) is 2.21. The fourth-order valence-corrected chi connectivity index (χ4v) is 4.21. The third-order valence-electron chi connectivity index (χ3n) is 6.23. The number of alkyl carbamates (subject to hydrolysis) is 1. The van der Waals surface area contributed by atoms with Crippen molar-refractivity contribution in [3.8, 4) is 5.75 Å². The number of nitrogens with zero attached hydrogens (tertiary/aromatic N) is 1. The Labute approximate surface area is 248 Å². The van der Waals surface area contributed by atoms with E-state index in [1.807, 2.05) is 6.92 Å². The van der Waals surface area contributed by atoms with E-state index in [2.05, 4.69) is 10.6 Å². The van der Waals surface area contributed by atoms with Crippen molar-refractivity contribution in [1.29, 1.82) is 0 Å². The van der Waals surface area contributed by atoms with Crippen molar-refractivity contribution in [2.24, 2.45) is 5.73 Å². The smallest absolute Gasteiger partial charge is 0.408 e. The van der Waals surface area contributed by atoms with Gasteiger partial charge in [0.25, 0.3) is 0 Å². The summed E-state index contributed by atoms with van der Waals surface area (Å²) in [5.74, 6) is -2.27. The average Bonchev–Trinajstić information content (AvgIpc) is 2.88. The first-order valence-electron chi connectivity index (χ1n) is 14.5. The van der Waals surface area contributed by atoms with Crippen LogP contribution in [0.3, 0.4) is 0 Å². The molecule has 0 spiro atoms. The molecule has 4 amide bonds. The first-order valence-corrected chi connectivity index (χ1v) is 14.5. The number of nitrogens with one attached hydrogen (secondary N) is 2. The quantitative estimate of drug-likeness (QED) is 0.157. The highest BCUT2D eigenvalue weighted by atomic mass is 16.6. The Balaban J connectivity index is 3.52. The number of benzene rings is 1. The van der Waals surface area contributed by atoms with E-state index in [9.17, 15) is 29.1 Å². The summed E-state index contributed by atoms with van der Waals surface area (Å²) < 4.78 is 10.3. The van der Waals surface area contributed by atoms with Gasteiger partial charge in [-0.05, 0) is 70.7 Å². The second-order valence-corrected chi connectivity index (χ2v) is 11.1. The van der Waals surface area contributed by atoms with E-state index in [4.69, 9.17) is 15.2 Å². The fourth-order valence-electron chi connectivity index (χ4n) is 4.21. The molecule has 0 radical (unpaired) electrons. The topological polar surface area (TPSA) is 177 Å². The van der Waals surface area contributed by atoms with Crippen molar-refractivity contribution >= 4 is 29.8 Å². The number of phenols is 1. The Kier molecular flexibility index (Phi) is 15.4. The highest BCUT2D eigenvalue weighted by Gasteiger charge is 2.36. The number of ether oxygens (including phenoxy) is 2. The van der Waals surface area contributed by atoms with E-state index >= 15 is 0 Å². The molecule has 236 valence electrons. The molecular formula is C30H48N4O8. The third-order valence-corrected chi connectivity index (χ3v) is 6.23. The van der Waals surface area contributed by atoms with E-state index in [0.29, 0.717) is 17.5 Å². The van der Waals surface area contributed by atoms with Crippen molar-refractivity contribution in [2.45, 2.75) is 104 Å².